The molecule has 10 radical (unpaired) electrons. The topological polar surface area (TPSA) is 386 Å². The van der Waals surface area contributed by atoms with Crippen LogP contribution < -0.4 is 59.7 Å². The molecule has 0 aromatic rings. The summed E-state index contributed by atoms with van der Waals surface area (Å²) in [5.74, 6) is -7.40. The molecule has 0 aromatic heterocycles. The largest absolute Gasteiger partial charge is 2.00 e. The van der Waals surface area contributed by atoms with Gasteiger partial charge in [0, 0.05) is 31.3 Å². The molecule has 0 bridgehead atoms. The molecule has 15 N–H and O–H groups in total. The Labute approximate surface area is 451 Å². The van der Waals surface area contributed by atoms with Gasteiger partial charge in [-0.25, -0.2) is 0 Å². The van der Waals surface area contributed by atoms with Crippen molar-refractivity contribution in [2.24, 2.45) is 35.0 Å². The molecule has 1 heterocycles. The first kappa shape index (κ1) is 65.7. The normalized spacial score (nSPS) is 21.4. The van der Waals surface area contributed by atoms with Crippen LogP contribution in [0.1, 0.15) is 93.4 Å². The van der Waals surface area contributed by atoms with Crippen molar-refractivity contribution in [3.05, 3.63) is 63.2 Å². The fourth-order valence-electron chi connectivity index (χ4n) is 8.52. The number of aliphatic hydroxyl groups excluding tert-OH is 1. The van der Waals surface area contributed by atoms with Gasteiger partial charge in [-0.1, -0.05) is 34.1 Å². The van der Waals surface area contributed by atoms with E-state index >= 15 is 0 Å². The predicted molar refractivity (Wildman–Crippen MR) is 269 cm³/mol. The standard InChI is InChI=1S/C45H71N12O12.C5H5.Fe/c1-8-22(4)37(43(67)50-20-35(62)54-36(21(2)3)42(66)49-19-34(61)51-24(6)45(69)57-16-10-13-31(57)39(48)63)55-40(64)23(5)52-44(68)38(25(7)58)56-41(65)30(14-15-32(47)59)53-33(60)18-26-17-29(46)28-12-9-11-27(26)28;1-2-4-5-3-1;/h9,11-12,21-26,29-31,36-38,58H,8,10,13-20,46H2,1-7H3,(H2,47,59)(H2,48,63)(H,49,66)(H,50,67)(H,51,61)(H,52,68)(H,53,60)(H,54,62)(H,55,64)(H,56,65);1-5H;/q;;+2/t22-,23-,24-,25+,26+,29+,30-,31-,36-,37-,38-;;/m0../s1. The van der Waals surface area contributed by atoms with Gasteiger partial charge in [-0.15, -0.1) is 0 Å². The Morgan fingerprint density at radius 1 is 0.653 bits per heavy atom. The first-order valence-corrected chi connectivity index (χ1v) is 24.9. The minimum absolute atomic E-state index is 0. The second-order valence-electron chi connectivity index (χ2n) is 19.2. The van der Waals surface area contributed by atoms with E-state index in [0.717, 1.165) is 11.8 Å². The predicted octanol–water partition coefficient (Wildman–Crippen LogP) is -3.48. The second-order valence-corrected chi connectivity index (χ2v) is 19.2. The number of fused-ring (bicyclic) bond motifs is 1. The number of nitrogens with one attached hydrogen (secondary N) is 8. The van der Waals surface area contributed by atoms with Crippen LogP contribution in [0.15, 0.2) is 0 Å². The summed E-state index contributed by atoms with van der Waals surface area (Å²) in [5.41, 5.74) is 16.9. The van der Waals surface area contributed by atoms with Crippen molar-refractivity contribution in [2.45, 2.75) is 148 Å². The maximum Gasteiger partial charge on any atom is 2.00 e. The molecule has 3 saturated carbocycles. The van der Waals surface area contributed by atoms with Crippen molar-refractivity contribution in [1.82, 2.24) is 47.4 Å². The number of primary amides is 2. The van der Waals surface area contributed by atoms with E-state index in [2.05, 4.69) is 42.5 Å². The van der Waals surface area contributed by atoms with Crippen molar-refractivity contribution in [3.63, 3.8) is 0 Å². The molecule has 414 valence electrons. The number of likely N-dealkylation sites (tertiary alicyclic amines) is 1. The van der Waals surface area contributed by atoms with Gasteiger partial charge >= 0.3 is 17.1 Å². The number of aliphatic hydroxyl groups is 1. The van der Waals surface area contributed by atoms with Crippen LogP contribution >= 0.6 is 0 Å². The Morgan fingerprint density at radius 2 is 1.21 bits per heavy atom. The summed E-state index contributed by atoms with van der Waals surface area (Å²) in [6.45, 7) is 9.80. The van der Waals surface area contributed by atoms with Gasteiger partial charge < -0.3 is 69.7 Å². The molecule has 25 heteroatoms. The summed E-state index contributed by atoms with van der Waals surface area (Å²) in [6, 6.07) is -8.69. The summed E-state index contributed by atoms with van der Waals surface area (Å²) in [6.07, 6.45) is 15.5. The maximum atomic E-state index is 13.5. The molecular formula is C50H76FeN12O12+2. The number of amides is 11. The Balaban J connectivity index is 0.00000302. The molecule has 3 aliphatic carbocycles. The van der Waals surface area contributed by atoms with E-state index in [-0.39, 0.29) is 48.3 Å². The van der Waals surface area contributed by atoms with Crippen LogP contribution in [0, 0.1) is 81.0 Å². The SMILES string of the molecule is CC[C@H](C)[C@H](NC(=O)[C@H](C)NC(=O)[C@@H](NC(=O)[C@H](CCC(N)=O)NC(=O)C[C@H]1C[C@@H](N)[C]2[CH][CH][CH][C]21)[C@@H](C)O)C(=O)NCC(=O)N[C@H](C(=O)NCC(=O)N[C@@H](C)C(=O)N1CCC[C@H]1C(N)=O)C(C)C.[CH]1[CH][CH][CH][CH]1.[Fe+2]. The summed E-state index contributed by atoms with van der Waals surface area (Å²) in [7, 11) is 0. The van der Waals surface area contributed by atoms with Gasteiger partial charge in [-0.2, -0.15) is 0 Å². The third kappa shape index (κ3) is 20.9. The Morgan fingerprint density at radius 3 is 1.76 bits per heavy atom. The Hall–Kier alpha value is -5.39. The van der Waals surface area contributed by atoms with Crippen molar-refractivity contribution >= 4 is 65.0 Å². The summed E-state index contributed by atoms with van der Waals surface area (Å²) < 4.78 is 0. The number of carbonyl (C=O) groups is 11. The van der Waals surface area contributed by atoms with Crippen LogP contribution in [0.3, 0.4) is 0 Å². The molecule has 4 rings (SSSR count). The second kappa shape index (κ2) is 32.3. The number of hydrogen-bond acceptors (Lipinski definition) is 13. The van der Waals surface area contributed by atoms with E-state index in [1.807, 2.05) is 51.4 Å². The molecular weight excluding hydrogens is 1020 g/mol. The molecule has 4 aliphatic rings. The zero-order chi connectivity index (χ0) is 55.4. The molecule has 0 unspecified atom stereocenters. The fraction of sp³-hybridized carbons (Fsp3) is 0.580. The number of nitrogens with zero attached hydrogens (tertiary/aromatic N) is 1. The van der Waals surface area contributed by atoms with Gasteiger partial charge in [0.05, 0.1) is 19.2 Å². The zero-order valence-corrected chi connectivity index (χ0v) is 44.7. The van der Waals surface area contributed by atoms with Gasteiger partial charge in [-0.05, 0) is 121 Å². The average molecular weight is 1090 g/mol. The molecule has 75 heavy (non-hydrogen) atoms. The van der Waals surface area contributed by atoms with Crippen LogP contribution in [-0.4, -0.2) is 149 Å². The van der Waals surface area contributed by atoms with Gasteiger partial charge in [-0.3, -0.25) is 52.7 Å². The van der Waals surface area contributed by atoms with Crippen molar-refractivity contribution in [1.29, 1.82) is 0 Å². The van der Waals surface area contributed by atoms with E-state index in [4.69, 9.17) is 17.2 Å². The fourth-order valence-corrected chi connectivity index (χ4v) is 8.52. The van der Waals surface area contributed by atoms with Crippen LogP contribution in [0.25, 0.3) is 0 Å². The van der Waals surface area contributed by atoms with Crippen LogP contribution in [-0.2, 0) is 69.8 Å². The first-order valence-electron chi connectivity index (χ1n) is 24.9. The molecule has 0 spiro atoms. The Kier molecular flexibility index (Phi) is 28.3. The minimum atomic E-state index is -1.64. The van der Waals surface area contributed by atoms with Gasteiger partial charge in [0.1, 0.15) is 42.3 Å². The van der Waals surface area contributed by atoms with E-state index in [1.165, 1.54) is 25.7 Å². The van der Waals surface area contributed by atoms with E-state index < -0.39 is 138 Å². The molecule has 1 aliphatic heterocycles. The third-order valence-corrected chi connectivity index (χ3v) is 12.9. The van der Waals surface area contributed by atoms with Crippen LogP contribution in [0.5, 0.6) is 0 Å². The van der Waals surface area contributed by atoms with Crippen LogP contribution in [0.2, 0.25) is 0 Å². The van der Waals surface area contributed by atoms with E-state index in [1.54, 1.807) is 27.7 Å². The smallest absolute Gasteiger partial charge is 0.391 e. The minimum Gasteiger partial charge on any atom is -0.391 e. The number of rotatable bonds is 26. The average Bonchev–Trinajstić information content (AvgIpc) is 4.20. The third-order valence-electron chi connectivity index (χ3n) is 12.9. The van der Waals surface area contributed by atoms with Crippen LogP contribution in [0.4, 0.5) is 0 Å². The Bertz CT molecular complexity index is 1980. The van der Waals surface area contributed by atoms with Gasteiger partial charge in [0.2, 0.25) is 65.0 Å². The van der Waals surface area contributed by atoms with Crippen molar-refractivity contribution < 1.29 is 74.9 Å². The molecule has 24 nitrogen and oxygen atoms in total. The summed E-state index contributed by atoms with van der Waals surface area (Å²) in [4.78, 5) is 143. The number of hydrogen-bond donors (Lipinski definition) is 12. The molecule has 0 aromatic carbocycles. The van der Waals surface area contributed by atoms with Gasteiger partial charge in [0.25, 0.3) is 0 Å². The first-order chi connectivity index (χ1) is 34.9. The summed E-state index contributed by atoms with van der Waals surface area (Å²) >= 11 is 0. The molecule has 4 fully saturated rings. The van der Waals surface area contributed by atoms with E-state index in [9.17, 15) is 57.8 Å². The quantitative estimate of drug-likeness (QED) is 0.0375. The maximum absolute atomic E-state index is 13.5. The van der Waals surface area contributed by atoms with Crippen molar-refractivity contribution in [3.8, 4) is 0 Å². The monoisotopic (exact) mass is 1090 g/mol. The molecule has 11 amide bonds. The van der Waals surface area contributed by atoms with Crippen molar-refractivity contribution in [2.75, 3.05) is 19.6 Å². The van der Waals surface area contributed by atoms with E-state index in [0.29, 0.717) is 32.2 Å². The molecule has 1 saturated heterocycles. The molecule has 11 atom stereocenters. The zero-order valence-electron chi connectivity index (χ0n) is 43.6. The number of nitrogens with two attached hydrogens (primary N) is 3. The van der Waals surface area contributed by atoms with Gasteiger partial charge in [0.15, 0.2) is 0 Å². The summed E-state index contributed by atoms with van der Waals surface area (Å²) in [5, 5.41) is 30.4. The number of carbonyl (C=O) groups excluding carboxylic acids is 11.